The molecular formula is C13H24N2S. The first-order valence-electron chi connectivity index (χ1n) is 6.25. The number of hydrogen-bond donors (Lipinski definition) is 1. The van der Waals surface area contributed by atoms with Crippen LogP contribution in [0.2, 0.25) is 0 Å². The molecule has 1 N–H and O–H groups in total. The van der Waals surface area contributed by atoms with Crippen molar-refractivity contribution in [2.45, 2.75) is 33.2 Å². The molecule has 0 saturated heterocycles. The molecule has 1 rings (SSSR count). The SMILES string of the molecule is CCN(CC)CCCNC(C)c1ccsc1. The summed E-state index contributed by atoms with van der Waals surface area (Å²) >= 11 is 1.77. The van der Waals surface area contributed by atoms with Gasteiger partial charge < -0.3 is 10.2 Å². The third-order valence-corrected chi connectivity index (χ3v) is 3.74. The predicted molar refractivity (Wildman–Crippen MR) is 73.1 cm³/mol. The van der Waals surface area contributed by atoms with Gasteiger partial charge in [-0.2, -0.15) is 11.3 Å². The summed E-state index contributed by atoms with van der Waals surface area (Å²) in [6.07, 6.45) is 1.23. The third kappa shape index (κ3) is 4.64. The molecule has 0 spiro atoms. The fourth-order valence-corrected chi connectivity index (χ4v) is 2.55. The number of rotatable bonds is 8. The van der Waals surface area contributed by atoms with E-state index in [4.69, 9.17) is 0 Å². The van der Waals surface area contributed by atoms with E-state index in [1.807, 2.05) is 0 Å². The van der Waals surface area contributed by atoms with Crippen LogP contribution in [-0.4, -0.2) is 31.1 Å². The van der Waals surface area contributed by atoms with Gasteiger partial charge >= 0.3 is 0 Å². The van der Waals surface area contributed by atoms with Crippen molar-refractivity contribution >= 4 is 11.3 Å². The van der Waals surface area contributed by atoms with Crippen molar-refractivity contribution in [3.8, 4) is 0 Å². The second kappa shape index (κ2) is 7.82. The molecule has 0 radical (unpaired) electrons. The zero-order valence-corrected chi connectivity index (χ0v) is 11.5. The van der Waals surface area contributed by atoms with Gasteiger partial charge in [-0.1, -0.05) is 13.8 Å². The fraction of sp³-hybridized carbons (Fsp3) is 0.692. The molecule has 1 atom stereocenters. The lowest BCUT2D eigenvalue weighted by atomic mass is 10.2. The van der Waals surface area contributed by atoms with Crippen LogP contribution in [0, 0.1) is 0 Å². The largest absolute Gasteiger partial charge is 0.310 e. The van der Waals surface area contributed by atoms with E-state index >= 15 is 0 Å². The maximum absolute atomic E-state index is 3.57. The molecule has 0 bridgehead atoms. The Morgan fingerprint density at radius 3 is 2.69 bits per heavy atom. The predicted octanol–water partition coefficient (Wildman–Crippen LogP) is 3.13. The molecule has 16 heavy (non-hydrogen) atoms. The van der Waals surface area contributed by atoms with Crippen molar-refractivity contribution in [2.75, 3.05) is 26.2 Å². The number of nitrogens with zero attached hydrogens (tertiary/aromatic N) is 1. The monoisotopic (exact) mass is 240 g/mol. The summed E-state index contributed by atoms with van der Waals surface area (Å²) in [5, 5.41) is 7.94. The van der Waals surface area contributed by atoms with Crippen LogP contribution in [0.25, 0.3) is 0 Å². The van der Waals surface area contributed by atoms with Gasteiger partial charge in [-0.3, -0.25) is 0 Å². The van der Waals surface area contributed by atoms with E-state index in [1.165, 1.54) is 18.5 Å². The van der Waals surface area contributed by atoms with E-state index in [1.54, 1.807) is 11.3 Å². The highest BCUT2D eigenvalue weighted by atomic mass is 32.1. The average Bonchev–Trinajstić information content (AvgIpc) is 2.82. The van der Waals surface area contributed by atoms with Gasteiger partial charge in [-0.15, -0.1) is 0 Å². The molecule has 1 heterocycles. The van der Waals surface area contributed by atoms with Crippen LogP contribution in [0.1, 0.15) is 38.8 Å². The molecule has 92 valence electrons. The van der Waals surface area contributed by atoms with Crippen molar-refractivity contribution in [2.24, 2.45) is 0 Å². The summed E-state index contributed by atoms with van der Waals surface area (Å²) in [7, 11) is 0. The van der Waals surface area contributed by atoms with Crippen LogP contribution in [0.15, 0.2) is 16.8 Å². The quantitative estimate of drug-likeness (QED) is 0.702. The third-order valence-electron chi connectivity index (χ3n) is 3.04. The Morgan fingerprint density at radius 1 is 1.38 bits per heavy atom. The van der Waals surface area contributed by atoms with Crippen molar-refractivity contribution in [3.05, 3.63) is 22.4 Å². The Balaban J connectivity index is 2.11. The van der Waals surface area contributed by atoms with E-state index in [-0.39, 0.29) is 0 Å². The Hall–Kier alpha value is -0.380. The Kier molecular flexibility index (Phi) is 6.69. The average molecular weight is 240 g/mol. The molecule has 0 amide bonds. The van der Waals surface area contributed by atoms with Crippen LogP contribution in [-0.2, 0) is 0 Å². The van der Waals surface area contributed by atoms with Gasteiger partial charge in [0.25, 0.3) is 0 Å². The topological polar surface area (TPSA) is 15.3 Å². The lowest BCUT2D eigenvalue weighted by molar-refractivity contribution is 0.296. The first-order valence-corrected chi connectivity index (χ1v) is 7.20. The second-order valence-corrected chi connectivity index (χ2v) is 4.89. The zero-order chi connectivity index (χ0) is 11.8. The molecular weight excluding hydrogens is 216 g/mol. The molecule has 0 aliphatic carbocycles. The van der Waals surface area contributed by atoms with Gasteiger partial charge in [-0.25, -0.2) is 0 Å². The maximum Gasteiger partial charge on any atom is 0.0300 e. The normalized spacial score (nSPS) is 13.2. The summed E-state index contributed by atoms with van der Waals surface area (Å²) in [6.45, 7) is 11.3. The molecule has 3 heteroatoms. The lowest BCUT2D eigenvalue weighted by Gasteiger charge is -2.19. The highest BCUT2D eigenvalue weighted by Crippen LogP contribution is 2.15. The van der Waals surface area contributed by atoms with Gasteiger partial charge in [0, 0.05) is 6.04 Å². The van der Waals surface area contributed by atoms with Gasteiger partial charge in [0.15, 0.2) is 0 Å². The summed E-state index contributed by atoms with van der Waals surface area (Å²) in [6, 6.07) is 2.69. The molecule has 1 unspecified atom stereocenters. The molecule has 0 aromatic carbocycles. The molecule has 2 nitrogen and oxygen atoms in total. The number of thiophene rings is 1. The summed E-state index contributed by atoms with van der Waals surface area (Å²) in [5.41, 5.74) is 1.41. The number of hydrogen-bond acceptors (Lipinski definition) is 3. The molecule has 1 aromatic rings. The fourth-order valence-electron chi connectivity index (χ4n) is 1.80. The smallest absolute Gasteiger partial charge is 0.0300 e. The van der Waals surface area contributed by atoms with E-state index in [9.17, 15) is 0 Å². The number of nitrogens with one attached hydrogen (secondary N) is 1. The summed E-state index contributed by atoms with van der Waals surface area (Å²) in [4.78, 5) is 2.47. The van der Waals surface area contributed by atoms with Crippen LogP contribution >= 0.6 is 11.3 Å². The molecule has 0 aliphatic heterocycles. The molecule has 1 aromatic heterocycles. The Morgan fingerprint density at radius 2 is 2.12 bits per heavy atom. The Labute approximate surface area is 104 Å². The van der Waals surface area contributed by atoms with Crippen molar-refractivity contribution in [3.63, 3.8) is 0 Å². The molecule has 0 aliphatic rings. The molecule has 0 fully saturated rings. The Bertz CT molecular complexity index is 255. The minimum atomic E-state index is 0.489. The summed E-state index contributed by atoms with van der Waals surface area (Å²) in [5.74, 6) is 0. The van der Waals surface area contributed by atoms with Gasteiger partial charge in [0.05, 0.1) is 0 Å². The minimum absolute atomic E-state index is 0.489. The highest BCUT2D eigenvalue weighted by molar-refractivity contribution is 7.07. The van der Waals surface area contributed by atoms with E-state index in [0.29, 0.717) is 6.04 Å². The second-order valence-electron chi connectivity index (χ2n) is 4.11. The zero-order valence-electron chi connectivity index (χ0n) is 10.7. The van der Waals surface area contributed by atoms with Crippen molar-refractivity contribution in [1.29, 1.82) is 0 Å². The van der Waals surface area contributed by atoms with Gasteiger partial charge in [0.2, 0.25) is 0 Å². The van der Waals surface area contributed by atoms with Crippen LogP contribution in [0.4, 0.5) is 0 Å². The minimum Gasteiger partial charge on any atom is -0.310 e. The van der Waals surface area contributed by atoms with E-state index in [2.05, 4.69) is 47.8 Å². The van der Waals surface area contributed by atoms with Crippen LogP contribution in [0.5, 0.6) is 0 Å². The standard InChI is InChI=1S/C13H24N2S/c1-4-15(5-2)9-6-8-14-12(3)13-7-10-16-11-13/h7,10-12,14H,4-6,8-9H2,1-3H3. The van der Waals surface area contributed by atoms with Gasteiger partial charge in [-0.05, 0) is 61.9 Å². The van der Waals surface area contributed by atoms with Crippen molar-refractivity contribution in [1.82, 2.24) is 10.2 Å². The summed E-state index contributed by atoms with van der Waals surface area (Å²) < 4.78 is 0. The van der Waals surface area contributed by atoms with E-state index < -0.39 is 0 Å². The van der Waals surface area contributed by atoms with Crippen molar-refractivity contribution < 1.29 is 0 Å². The highest BCUT2D eigenvalue weighted by Gasteiger charge is 2.04. The first kappa shape index (κ1) is 13.7. The van der Waals surface area contributed by atoms with Crippen LogP contribution in [0.3, 0.4) is 0 Å². The lowest BCUT2D eigenvalue weighted by Crippen LogP contribution is -2.28. The first-order chi connectivity index (χ1) is 7.77. The van der Waals surface area contributed by atoms with Gasteiger partial charge in [0.1, 0.15) is 0 Å². The maximum atomic E-state index is 3.57. The van der Waals surface area contributed by atoms with E-state index in [0.717, 1.165) is 19.6 Å². The molecule has 0 saturated carbocycles. The van der Waals surface area contributed by atoms with Crippen LogP contribution < -0.4 is 5.32 Å².